The first kappa shape index (κ1) is 13.5. The van der Waals surface area contributed by atoms with E-state index in [4.69, 9.17) is 9.47 Å². The van der Waals surface area contributed by atoms with Gasteiger partial charge in [-0.3, -0.25) is 0 Å². The summed E-state index contributed by atoms with van der Waals surface area (Å²) in [5.74, 6) is 0.359. The zero-order valence-electron chi connectivity index (χ0n) is 9.93. The van der Waals surface area contributed by atoms with Gasteiger partial charge in [0.2, 0.25) is 0 Å². The predicted molar refractivity (Wildman–Crippen MR) is 65.3 cm³/mol. The van der Waals surface area contributed by atoms with E-state index in [0.717, 1.165) is 5.56 Å². The molecule has 0 aliphatic heterocycles. The van der Waals surface area contributed by atoms with E-state index >= 15 is 0 Å². The van der Waals surface area contributed by atoms with Crippen LogP contribution in [-0.2, 0) is 10.2 Å². The summed E-state index contributed by atoms with van der Waals surface area (Å²) in [4.78, 5) is 0. The molecule has 0 saturated carbocycles. The number of hydrogen-bond acceptors (Lipinski definition) is 2. The highest BCUT2D eigenvalue weighted by Crippen LogP contribution is 2.37. The highest BCUT2D eigenvalue weighted by atomic mass is 79.9. The molecule has 0 heterocycles. The van der Waals surface area contributed by atoms with Gasteiger partial charge < -0.3 is 9.47 Å². The van der Waals surface area contributed by atoms with Crippen molar-refractivity contribution in [1.82, 2.24) is 0 Å². The minimum Gasteiger partial charge on any atom is -0.466 e. The molecule has 0 spiro atoms. The van der Waals surface area contributed by atoms with Gasteiger partial charge in [-0.25, -0.2) is 4.39 Å². The quantitative estimate of drug-likeness (QED) is 0.787. The largest absolute Gasteiger partial charge is 0.466 e. The Bertz CT molecular complexity index is 372. The van der Waals surface area contributed by atoms with Crippen LogP contribution in [0.15, 0.2) is 16.6 Å². The molecule has 0 fully saturated rings. The van der Waals surface area contributed by atoms with Crippen LogP contribution in [-0.4, -0.2) is 13.9 Å². The molecular formula is C12H16BrFO2. The molecule has 0 aromatic heterocycles. The van der Waals surface area contributed by atoms with Crippen LogP contribution in [0, 0.1) is 5.82 Å². The lowest BCUT2D eigenvalue weighted by atomic mass is 9.86. The molecule has 0 aliphatic carbocycles. The first-order chi connectivity index (χ1) is 7.36. The minimum absolute atomic E-state index is 0.146. The molecule has 2 nitrogen and oxygen atoms in total. The number of rotatable bonds is 3. The smallest absolute Gasteiger partial charge is 0.188 e. The van der Waals surface area contributed by atoms with Crippen LogP contribution in [0.25, 0.3) is 0 Å². The lowest BCUT2D eigenvalue weighted by Crippen LogP contribution is -2.15. The van der Waals surface area contributed by atoms with Crippen molar-refractivity contribution < 1.29 is 13.9 Å². The zero-order valence-corrected chi connectivity index (χ0v) is 11.5. The molecule has 90 valence electrons. The third-order valence-corrected chi connectivity index (χ3v) is 2.73. The Balaban J connectivity index is 3.21. The van der Waals surface area contributed by atoms with Gasteiger partial charge in [0.15, 0.2) is 6.79 Å². The molecule has 0 saturated heterocycles. The maximum atomic E-state index is 13.3. The summed E-state index contributed by atoms with van der Waals surface area (Å²) < 4.78 is 24.3. The highest BCUT2D eigenvalue weighted by molar-refractivity contribution is 9.10. The lowest BCUT2D eigenvalue weighted by molar-refractivity contribution is 0.0491. The molecule has 4 heteroatoms. The van der Waals surface area contributed by atoms with Crippen molar-refractivity contribution in [3.05, 3.63) is 28.0 Å². The fraction of sp³-hybridized carbons (Fsp3) is 0.500. The third-order valence-electron chi connectivity index (χ3n) is 2.14. The average Bonchev–Trinajstić information content (AvgIpc) is 2.14. The monoisotopic (exact) mass is 290 g/mol. The van der Waals surface area contributed by atoms with Gasteiger partial charge in [-0.05, 0) is 33.5 Å². The summed E-state index contributed by atoms with van der Waals surface area (Å²) >= 11 is 3.30. The van der Waals surface area contributed by atoms with E-state index in [2.05, 4.69) is 15.9 Å². The van der Waals surface area contributed by atoms with E-state index < -0.39 is 0 Å². The van der Waals surface area contributed by atoms with Crippen molar-refractivity contribution in [3.8, 4) is 5.75 Å². The van der Waals surface area contributed by atoms with Gasteiger partial charge in [0.1, 0.15) is 11.6 Å². The second kappa shape index (κ2) is 5.15. The number of ether oxygens (including phenoxy) is 2. The summed E-state index contributed by atoms with van der Waals surface area (Å²) in [7, 11) is 1.55. The topological polar surface area (TPSA) is 18.5 Å². The van der Waals surface area contributed by atoms with E-state index in [-0.39, 0.29) is 18.0 Å². The summed E-state index contributed by atoms with van der Waals surface area (Å²) in [6.07, 6.45) is 0. The Morgan fingerprint density at radius 1 is 1.31 bits per heavy atom. The van der Waals surface area contributed by atoms with Crippen LogP contribution >= 0.6 is 15.9 Å². The number of methoxy groups -OCH3 is 1. The molecule has 1 rings (SSSR count). The fourth-order valence-electron chi connectivity index (χ4n) is 1.38. The number of halogens is 2. The maximum absolute atomic E-state index is 13.3. The zero-order chi connectivity index (χ0) is 12.3. The van der Waals surface area contributed by atoms with Gasteiger partial charge >= 0.3 is 0 Å². The fourth-order valence-corrected chi connectivity index (χ4v) is 1.93. The maximum Gasteiger partial charge on any atom is 0.188 e. The van der Waals surface area contributed by atoms with Gasteiger partial charge in [-0.15, -0.1) is 0 Å². The van der Waals surface area contributed by atoms with Crippen molar-refractivity contribution >= 4 is 15.9 Å². The van der Waals surface area contributed by atoms with E-state index in [9.17, 15) is 4.39 Å². The van der Waals surface area contributed by atoms with Crippen molar-refractivity contribution in [2.24, 2.45) is 0 Å². The third kappa shape index (κ3) is 3.19. The SMILES string of the molecule is COCOc1c(Br)cc(F)cc1C(C)(C)C. The minimum atomic E-state index is -0.276. The van der Waals surface area contributed by atoms with Gasteiger partial charge in [-0.1, -0.05) is 20.8 Å². The van der Waals surface area contributed by atoms with Crippen LogP contribution in [0.3, 0.4) is 0 Å². The Morgan fingerprint density at radius 3 is 2.44 bits per heavy atom. The molecule has 0 radical (unpaired) electrons. The van der Waals surface area contributed by atoms with E-state index in [1.807, 2.05) is 20.8 Å². The highest BCUT2D eigenvalue weighted by Gasteiger charge is 2.22. The van der Waals surface area contributed by atoms with Crippen molar-refractivity contribution in [1.29, 1.82) is 0 Å². The van der Waals surface area contributed by atoms with Crippen LogP contribution in [0.2, 0.25) is 0 Å². The molecule has 0 bridgehead atoms. The van der Waals surface area contributed by atoms with Crippen molar-refractivity contribution in [2.75, 3.05) is 13.9 Å². The Morgan fingerprint density at radius 2 is 1.94 bits per heavy atom. The van der Waals surface area contributed by atoms with Crippen LogP contribution in [0.1, 0.15) is 26.3 Å². The Kier molecular flexibility index (Phi) is 4.33. The van der Waals surface area contributed by atoms with Gasteiger partial charge in [0.25, 0.3) is 0 Å². The van der Waals surface area contributed by atoms with Crippen LogP contribution < -0.4 is 4.74 Å². The molecule has 0 atom stereocenters. The van der Waals surface area contributed by atoms with Crippen LogP contribution in [0.5, 0.6) is 5.75 Å². The number of benzene rings is 1. The first-order valence-corrected chi connectivity index (χ1v) is 5.77. The number of hydrogen-bond donors (Lipinski definition) is 0. The molecular weight excluding hydrogens is 275 g/mol. The molecule has 0 N–H and O–H groups in total. The Labute approximate surface area is 104 Å². The predicted octanol–water partition coefficient (Wildman–Crippen LogP) is 3.87. The van der Waals surface area contributed by atoms with E-state index in [1.165, 1.54) is 12.1 Å². The van der Waals surface area contributed by atoms with Crippen LogP contribution in [0.4, 0.5) is 4.39 Å². The molecule has 16 heavy (non-hydrogen) atoms. The summed E-state index contributed by atoms with van der Waals surface area (Å²) in [5.41, 5.74) is 0.629. The Hall–Kier alpha value is -0.610. The standard InChI is InChI=1S/C12H16BrFO2/c1-12(2,3)9-5-8(14)6-10(13)11(9)16-7-15-4/h5-6H,7H2,1-4H3. The second-order valence-electron chi connectivity index (χ2n) is 4.57. The first-order valence-electron chi connectivity index (χ1n) is 4.97. The molecule has 1 aromatic carbocycles. The average molecular weight is 291 g/mol. The summed E-state index contributed by atoms with van der Waals surface area (Å²) in [6, 6.07) is 2.88. The lowest BCUT2D eigenvalue weighted by Gasteiger charge is -2.23. The normalized spacial score (nSPS) is 11.6. The van der Waals surface area contributed by atoms with Crippen molar-refractivity contribution in [2.45, 2.75) is 26.2 Å². The van der Waals surface area contributed by atoms with E-state index in [0.29, 0.717) is 10.2 Å². The summed E-state index contributed by atoms with van der Waals surface area (Å²) in [5, 5.41) is 0. The molecule has 0 amide bonds. The van der Waals surface area contributed by atoms with Crippen molar-refractivity contribution in [3.63, 3.8) is 0 Å². The van der Waals surface area contributed by atoms with Gasteiger partial charge in [0.05, 0.1) is 4.47 Å². The second-order valence-corrected chi connectivity index (χ2v) is 5.42. The molecule has 1 aromatic rings. The molecule has 0 aliphatic rings. The van der Waals surface area contributed by atoms with Gasteiger partial charge in [-0.2, -0.15) is 0 Å². The van der Waals surface area contributed by atoms with E-state index in [1.54, 1.807) is 7.11 Å². The summed E-state index contributed by atoms with van der Waals surface area (Å²) in [6.45, 7) is 6.17. The van der Waals surface area contributed by atoms with Gasteiger partial charge in [0, 0.05) is 12.7 Å². The molecule has 0 unspecified atom stereocenters.